The summed E-state index contributed by atoms with van der Waals surface area (Å²) in [5.41, 5.74) is 1.66. The fourth-order valence-corrected chi connectivity index (χ4v) is 2.90. The number of ether oxygens (including phenoxy) is 1. The zero-order valence-corrected chi connectivity index (χ0v) is 13.1. The minimum absolute atomic E-state index is 0.0170. The number of rotatable bonds is 5. The van der Waals surface area contributed by atoms with E-state index in [0.29, 0.717) is 11.6 Å². The summed E-state index contributed by atoms with van der Waals surface area (Å²) in [7, 11) is 0. The average molecular weight is 298 g/mol. The van der Waals surface area contributed by atoms with E-state index in [1.165, 1.54) is 6.42 Å². The van der Waals surface area contributed by atoms with Crippen LogP contribution in [0.25, 0.3) is 0 Å². The summed E-state index contributed by atoms with van der Waals surface area (Å²) in [5, 5.41) is 0. The largest absolute Gasteiger partial charge is 0.458 e. The second-order valence-corrected chi connectivity index (χ2v) is 6.07. The third-order valence-corrected chi connectivity index (χ3v) is 4.68. The van der Waals surface area contributed by atoms with Gasteiger partial charge in [-0.3, -0.25) is 0 Å². The molecule has 1 fully saturated rings. The number of esters is 1. The molecule has 4 heteroatoms. The van der Waals surface area contributed by atoms with Gasteiger partial charge in [-0.25, -0.2) is 9.78 Å². The lowest BCUT2D eigenvalue weighted by molar-refractivity contribution is 0.00544. The van der Waals surface area contributed by atoms with Crippen molar-refractivity contribution in [2.24, 2.45) is 5.92 Å². The molecule has 2 aromatic rings. The van der Waals surface area contributed by atoms with Crippen LogP contribution in [-0.2, 0) is 4.74 Å². The van der Waals surface area contributed by atoms with Crippen LogP contribution in [-0.4, -0.2) is 21.6 Å². The third kappa shape index (κ3) is 2.91. The highest BCUT2D eigenvalue weighted by Gasteiger charge is 2.28. The van der Waals surface area contributed by atoms with E-state index >= 15 is 0 Å². The third-order valence-electron chi connectivity index (χ3n) is 4.68. The van der Waals surface area contributed by atoms with Crippen LogP contribution in [0.4, 0.5) is 0 Å². The van der Waals surface area contributed by atoms with Crippen LogP contribution in [0.3, 0.4) is 0 Å². The van der Waals surface area contributed by atoms with Crippen molar-refractivity contribution in [1.82, 2.24) is 9.55 Å². The smallest absolute Gasteiger partial charge is 0.356 e. The van der Waals surface area contributed by atoms with Crippen LogP contribution in [0.2, 0.25) is 0 Å². The Labute approximate surface area is 131 Å². The van der Waals surface area contributed by atoms with Crippen LogP contribution >= 0.6 is 0 Å². The molecule has 1 aromatic carbocycles. The fourth-order valence-electron chi connectivity index (χ4n) is 2.90. The van der Waals surface area contributed by atoms with Crippen LogP contribution in [0.15, 0.2) is 42.9 Å². The van der Waals surface area contributed by atoms with Crippen molar-refractivity contribution >= 4 is 5.97 Å². The van der Waals surface area contributed by atoms with Gasteiger partial charge >= 0.3 is 5.97 Å². The topological polar surface area (TPSA) is 44.1 Å². The SMILES string of the molecule is CC(OC(=O)c1cncn1[C@H](C)c1ccccc1)C1CCC1. The second kappa shape index (κ2) is 6.34. The quantitative estimate of drug-likeness (QED) is 0.788. The van der Waals surface area contributed by atoms with Gasteiger partial charge < -0.3 is 9.30 Å². The lowest BCUT2D eigenvalue weighted by Crippen LogP contribution is -2.29. The molecule has 0 saturated heterocycles. The molecule has 0 amide bonds. The average Bonchev–Trinajstić information content (AvgIpc) is 2.95. The van der Waals surface area contributed by atoms with Gasteiger partial charge in [0.15, 0.2) is 0 Å². The van der Waals surface area contributed by atoms with Crippen molar-refractivity contribution in [3.63, 3.8) is 0 Å². The Balaban J connectivity index is 1.75. The maximum atomic E-state index is 12.4. The number of hydrogen-bond donors (Lipinski definition) is 0. The first-order valence-corrected chi connectivity index (χ1v) is 7.94. The highest BCUT2D eigenvalue weighted by Crippen LogP contribution is 2.31. The molecule has 1 aliphatic rings. The molecule has 4 nitrogen and oxygen atoms in total. The zero-order valence-electron chi connectivity index (χ0n) is 13.1. The van der Waals surface area contributed by atoms with Crippen molar-refractivity contribution < 1.29 is 9.53 Å². The van der Waals surface area contributed by atoms with E-state index < -0.39 is 0 Å². The van der Waals surface area contributed by atoms with Crippen LogP contribution in [0.1, 0.15) is 55.2 Å². The van der Waals surface area contributed by atoms with E-state index in [1.807, 2.05) is 29.7 Å². The minimum Gasteiger partial charge on any atom is -0.458 e. The Morgan fingerprint density at radius 1 is 1.27 bits per heavy atom. The highest BCUT2D eigenvalue weighted by molar-refractivity contribution is 5.87. The first-order valence-electron chi connectivity index (χ1n) is 7.94. The van der Waals surface area contributed by atoms with Crippen molar-refractivity contribution in [2.45, 2.75) is 45.3 Å². The number of imidazole rings is 1. The van der Waals surface area contributed by atoms with Crippen LogP contribution in [0, 0.1) is 5.92 Å². The van der Waals surface area contributed by atoms with Gasteiger partial charge in [-0.1, -0.05) is 36.8 Å². The van der Waals surface area contributed by atoms with Gasteiger partial charge in [0.25, 0.3) is 0 Å². The Kier molecular flexibility index (Phi) is 4.27. The van der Waals surface area contributed by atoms with E-state index in [0.717, 1.165) is 18.4 Å². The van der Waals surface area contributed by atoms with Crippen molar-refractivity contribution in [2.75, 3.05) is 0 Å². The van der Waals surface area contributed by atoms with Gasteiger partial charge in [0, 0.05) is 0 Å². The molecule has 0 bridgehead atoms. The molecule has 0 radical (unpaired) electrons. The molecule has 116 valence electrons. The Bertz CT molecular complexity index is 632. The molecule has 1 unspecified atom stereocenters. The highest BCUT2D eigenvalue weighted by atomic mass is 16.5. The summed E-state index contributed by atoms with van der Waals surface area (Å²) in [6.07, 6.45) is 6.84. The summed E-state index contributed by atoms with van der Waals surface area (Å²) in [5.74, 6) is 0.242. The minimum atomic E-state index is -0.278. The van der Waals surface area contributed by atoms with Crippen LogP contribution < -0.4 is 0 Å². The van der Waals surface area contributed by atoms with Crippen molar-refractivity contribution in [3.05, 3.63) is 54.1 Å². The molecular formula is C18H22N2O2. The predicted molar refractivity (Wildman–Crippen MR) is 84.7 cm³/mol. The fraction of sp³-hybridized carbons (Fsp3) is 0.444. The predicted octanol–water partition coefficient (Wildman–Crippen LogP) is 3.84. The normalized spacial score (nSPS) is 17.5. The number of nitrogens with zero attached hydrogens (tertiary/aromatic N) is 2. The second-order valence-electron chi connectivity index (χ2n) is 6.07. The summed E-state index contributed by atoms with van der Waals surface area (Å²) in [6, 6.07) is 10.1. The first-order chi connectivity index (χ1) is 10.7. The van der Waals surface area contributed by atoms with Crippen LogP contribution in [0.5, 0.6) is 0 Å². The van der Waals surface area contributed by atoms with Gasteiger partial charge in [-0.2, -0.15) is 0 Å². The summed E-state index contributed by atoms with van der Waals surface area (Å²) in [6.45, 7) is 4.05. The Hall–Kier alpha value is -2.10. The standard InChI is InChI=1S/C18H22N2O2/c1-13(15-7-4-3-5-8-15)20-12-19-11-17(20)18(21)22-14(2)16-9-6-10-16/h3-5,7-8,11-14,16H,6,9-10H2,1-2H3/t13-,14?/m1/s1. The monoisotopic (exact) mass is 298 g/mol. The Morgan fingerprint density at radius 3 is 2.64 bits per heavy atom. The molecule has 1 aromatic heterocycles. The molecule has 1 aliphatic carbocycles. The Morgan fingerprint density at radius 2 is 2.00 bits per heavy atom. The summed E-state index contributed by atoms with van der Waals surface area (Å²) in [4.78, 5) is 16.6. The van der Waals surface area contributed by atoms with Gasteiger partial charge in [0.2, 0.25) is 0 Å². The summed E-state index contributed by atoms with van der Waals surface area (Å²) >= 11 is 0. The lowest BCUT2D eigenvalue weighted by Gasteiger charge is -2.31. The molecule has 1 heterocycles. The molecule has 2 atom stereocenters. The molecule has 3 rings (SSSR count). The maximum absolute atomic E-state index is 12.4. The number of aromatic nitrogens is 2. The first kappa shape index (κ1) is 14.8. The molecule has 0 spiro atoms. The zero-order chi connectivity index (χ0) is 15.5. The summed E-state index contributed by atoms with van der Waals surface area (Å²) < 4.78 is 7.51. The van der Waals surface area contributed by atoms with Crippen molar-refractivity contribution in [1.29, 1.82) is 0 Å². The number of carbonyl (C=O) groups is 1. The van der Waals surface area contributed by atoms with E-state index in [4.69, 9.17) is 4.74 Å². The number of benzene rings is 1. The maximum Gasteiger partial charge on any atom is 0.356 e. The number of carbonyl (C=O) groups excluding carboxylic acids is 1. The molecule has 0 aliphatic heterocycles. The van der Waals surface area contributed by atoms with Gasteiger partial charge in [0.1, 0.15) is 11.8 Å². The molecular weight excluding hydrogens is 276 g/mol. The number of hydrogen-bond acceptors (Lipinski definition) is 3. The van der Waals surface area contributed by atoms with Gasteiger partial charge in [-0.05, 0) is 38.2 Å². The lowest BCUT2D eigenvalue weighted by atomic mass is 9.82. The van der Waals surface area contributed by atoms with E-state index in [9.17, 15) is 4.79 Å². The van der Waals surface area contributed by atoms with E-state index in [-0.39, 0.29) is 18.1 Å². The van der Waals surface area contributed by atoms with Crippen molar-refractivity contribution in [3.8, 4) is 0 Å². The van der Waals surface area contributed by atoms with E-state index in [2.05, 4.69) is 24.0 Å². The molecule has 1 saturated carbocycles. The van der Waals surface area contributed by atoms with Gasteiger partial charge in [-0.15, -0.1) is 0 Å². The molecule has 22 heavy (non-hydrogen) atoms. The van der Waals surface area contributed by atoms with E-state index in [1.54, 1.807) is 12.5 Å². The van der Waals surface area contributed by atoms with Gasteiger partial charge in [0.05, 0.1) is 18.6 Å². The molecule has 0 N–H and O–H groups in total.